The Morgan fingerprint density at radius 3 is 0.800 bits per heavy atom. The number of aliphatic hydroxyl groups excluding tert-OH is 3. The van der Waals surface area contributed by atoms with E-state index < -0.39 is 6.16 Å². The summed E-state index contributed by atoms with van der Waals surface area (Å²) in [6.07, 6.45) is -1.83. The van der Waals surface area contributed by atoms with Gasteiger partial charge in [-0.1, -0.05) is 19.4 Å². The average Bonchev–Trinajstić information content (AvgIpc) is 2.09. The molecule has 0 fully saturated rings. The Morgan fingerprint density at radius 1 is 0.800 bits per heavy atom. The van der Waals surface area contributed by atoms with Gasteiger partial charge in [0.1, 0.15) is 0 Å². The summed E-state index contributed by atoms with van der Waals surface area (Å²) in [5, 5.41) is 34.2. The van der Waals surface area contributed by atoms with Gasteiger partial charge in [-0.2, -0.15) is 0 Å². The number of rotatable bonds is 0. The zero-order chi connectivity index (χ0) is 13.7. The Labute approximate surface area is 90.5 Å². The molecule has 15 heavy (non-hydrogen) atoms. The predicted octanol–water partition coefficient (Wildman–Crippen LogP) is -1.06. The molecule has 0 aromatic carbocycles. The summed E-state index contributed by atoms with van der Waals surface area (Å²) < 4.78 is 7.94. The van der Waals surface area contributed by atoms with Crippen LogP contribution in [0, 0.1) is 0 Å². The summed E-state index contributed by atoms with van der Waals surface area (Å²) in [5.74, 6) is 0. The van der Waals surface area contributed by atoms with Gasteiger partial charge in [0, 0.05) is 0 Å². The van der Waals surface area contributed by atoms with Crippen molar-refractivity contribution in [2.45, 2.75) is 0 Å². The van der Waals surface area contributed by atoms with Crippen LogP contribution in [0.5, 0.6) is 0 Å². The summed E-state index contributed by atoms with van der Waals surface area (Å²) in [6, 6.07) is 0. The normalized spacial score (nSPS) is 4.33. The monoisotopic (exact) mass is 272 g/mol. The van der Waals surface area contributed by atoms with Crippen molar-refractivity contribution in [3.63, 3.8) is 0 Å². The molecule has 0 aromatic heterocycles. The molecule has 0 aliphatic carbocycles. The number of hydrogen-bond donors (Lipinski definition) is 5. The number of carbonyl (C=O) groups is 1. The van der Waals surface area contributed by atoms with Crippen LogP contribution in [0.3, 0.4) is 0 Å². The van der Waals surface area contributed by atoms with E-state index >= 15 is 0 Å². The second kappa shape index (κ2) is 91.0. The SMILES string of the molecule is O=C(O)O.O=[C-]O.O=[C-]O.O=[C-]O.[O]=[Co]. The molecular weight excluding hydrogens is 267 g/mol. The third kappa shape index (κ3) is 295. The molecule has 0 saturated heterocycles. The molecule has 0 atom stereocenters. The van der Waals surface area contributed by atoms with Gasteiger partial charge in [-0.15, -0.1) is 0 Å². The summed E-state index contributed by atoms with van der Waals surface area (Å²) in [7, 11) is 0. The number of hydrogen-bond acceptors (Lipinski definition) is 5. The predicted molar refractivity (Wildman–Crippen MR) is 36.3 cm³/mol. The third-order valence-electron chi connectivity index (χ3n) is 0. The molecular formula is C4H5CoO10-3. The summed E-state index contributed by atoms with van der Waals surface area (Å²) in [6.45, 7) is 1.50. The first-order chi connectivity index (χ1) is 6.97. The van der Waals surface area contributed by atoms with E-state index in [-0.39, 0.29) is 0 Å². The molecule has 0 bridgehead atoms. The van der Waals surface area contributed by atoms with Crippen LogP contribution in [0.1, 0.15) is 0 Å². The van der Waals surface area contributed by atoms with Gasteiger partial charge < -0.3 is 39.9 Å². The summed E-state index contributed by atoms with van der Waals surface area (Å²) >= 11 is 2.31. The van der Waals surface area contributed by atoms with Gasteiger partial charge in [0.25, 0.3) is 0 Å². The first-order valence-corrected chi connectivity index (χ1v) is 2.50. The van der Waals surface area contributed by atoms with E-state index in [0.717, 1.165) is 0 Å². The fourth-order valence-electron chi connectivity index (χ4n) is 0. The topological polar surface area (TPSA) is 186 Å². The maximum atomic E-state index is 8.56. The molecule has 0 aromatic rings. The van der Waals surface area contributed by atoms with Gasteiger partial charge >= 0.3 is 25.7 Å². The van der Waals surface area contributed by atoms with E-state index in [1.54, 1.807) is 0 Å². The minimum atomic E-state index is -1.83. The Morgan fingerprint density at radius 2 is 0.800 bits per heavy atom. The van der Waals surface area contributed by atoms with Crippen molar-refractivity contribution in [3.05, 3.63) is 0 Å². The zero-order valence-electron chi connectivity index (χ0n) is 6.61. The van der Waals surface area contributed by atoms with Crippen LogP contribution < -0.4 is 0 Å². The Balaban J connectivity index is -0.0000000283. The second-order valence-corrected chi connectivity index (χ2v) is 0.556. The fourth-order valence-corrected chi connectivity index (χ4v) is 0. The molecule has 0 amide bonds. The van der Waals surface area contributed by atoms with Gasteiger partial charge in [0.05, 0.1) is 0 Å². The van der Waals surface area contributed by atoms with Gasteiger partial charge in [0.2, 0.25) is 0 Å². The van der Waals surface area contributed by atoms with Crippen LogP contribution in [-0.4, -0.2) is 51.1 Å². The molecule has 0 spiro atoms. The van der Waals surface area contributed by atoms with E-state index in [4.69, 9.17) is 48.6 Å². The van der Waals surface area contributed by atoms with E-state index in [9.17, 15) is 0 Å². The average molecular weight is 272 g/mol. The van der Waals surface area contributed by atoms with E-state index in [1.807, 2.05) is 0 Å². The van der Waals surface area contributed by atoms with Crippen LogP contribution >= 0.6 is 0 Å². The van der Waals surface area contributed by atoms with Gasteiger partial charge in [-0.05, 0) is 0 Å². The zero-order valence-corrected chi connectivity index (χ0v) is 7.65. The molecule has 93 valence electrons. The van der Waals surface area contributed by atoms with Crippen molar-refractivity contribution in [2.75, 3.05) is 0 Å². The molecule has 0 unspecified atom stereocenters. The number of carboxylic acid groups (broad SMARTS) is 2. The van der Waals surface area contributed by atoms with Crippen molar-refractivity contribution in [1.29, 1.82) is 0 Å². The van der Waals surface area contributed by atoms with E-state index in [0.29, 0.717) is 19.4 Å². The fraction of sp³-hybridized carbons (Fsp3) is 0. The van der Waals surface area contributed by atoms with Gasteiger partial charge in [-0.3, -0.25) is 0 Å². The van der Waals surface area contributed by atoms with Gasteiger partial charge in [0.15, 0.2) is 0 Å². The van der Waals surface area contributed by atoms with E-state index in [1.165, 1.54) is 0 Å². The molecule has 0 heterocycles. The minimum absolute atomic E-state index is 0.500. The van der Waals surface area contributed by atoms with Crippen LogP contribution in [0.25, 0.3) is 0 Å². The Kier molecular flexibility index (Phi) is 178. The first kappa shape index (κ1) is 29.3. The van der Waals surface area contributed by atoms with Crippen LogP contribution in [0.15, 0.2) is 0 Å². The van der Waals surface area contributed by atoms with Crippen molar-refractivity contribution in [3.8, 4) is 0 Å². The van der Waals surface area contributed by atoms with Crippen molar-refractivity contribution in [2.24, 2.45) is 0 Å². The molecule has 0 saturated carbocycles. The maximum absolute atomic E-state index is 8.56. The molecule has 10 nitrogen and oxygen atoms in total. The van der Waals surface area contributed by atoms with Crippen molar-refractivity contribution < 1.29 is 64.2 Å². The molecule has 0 aliphatic rings. The van der Waals surface area contributed by atoms with Crippen molar-refractivity contribution >= 4 is 25.6 Å². The standard InChI is InChI=1S/CH2O3.3CHO2.Co.O/c2-1(3)4;3*2-1-3;;/h(H2,2,3,4);3*(H,2,3);;/q;3*-1;;. The third-order valence-corrected chi connectivity index (χ3v) is 0. The van der Waals surface area contributed by atoms with Crippen LogP contribution in [-0.2, 0) is 33.9 Å². The summed E-state index contributed by atoms with van der Waals surface area (Å²) in [4.78, 5) is 33.3. The molecule has 0 rings (SSSR count). The second-order valence-electron chi connectivity index (χ2n) is 0.556. The molecule has 5 N–H and O–H groups in total. The molecule has 11 heteroatoms. The van der Waals surface area contributed by atoms with Crippen LogP contribution in [0.4, 0.5) is 4.79 Å². The summed E-state index contributed by atoms with van der Waals surface area (Å²) in [5.41, 5.74) is 0. The van der Waals surface area contributed by atoms with Gasteiger partial charge in [-0.25, -0.2) is 4.79 Å². The quantitative estimate of drug-likeness (QED) is 0.340. The first-order valence-electron chi connectivity index (χ1n) is 2.07. The molecule has 0 aliphatic heterocycles. The molecule has 0 radical (unpaired) electrons. The van der Waals surface area contributed by atoms with Crippen LogP contribution in [0.2, 0.25) is 0 Å². The Bertz CT molecular complexity index is 117. The van der Waals surface area contributed by atoms with E-state index in [2.05, 4.69) is 15.7 Å². The van der Waals surface area contributed by atoms with Crippen molar-refractivity contribution in [1.82, 2.24) is 0 Å². The Hall–Kier alpha value is -2.01.